The van der Waals surface area contributed by atoms with Crippen LogP contribution in [-0.2, 0) is 6.42 Å². The van der Waals surface area contributed by atoms with Crippen LogP contribution < -0.4 is 5.32 Å². The summed E-state index contributed by atoms with van der Waals surface area (Å²) in [5.41, 5.74) is 2.82. The summed E-state index contributed by atoms with van der Waals surface area (Å²) in [6.07, 6.45) is 0.729. The lowest BCUT2D eigenvalue weighted by molar-refractivity contribution is 0.417. The van der Waals surface area contributed by atoms with Crippen molar-refractivity contribution in [2.45, 2.75) is 26.3 Å². The Bertz CT molecular complexity index is 766. The molecule has 2 heterocycles. The van der Waals surface area contributed by atoms with Gasteiger partial charge < -0.3 is 9.84 Å². The Morgan fingerprint density at radius 2 is 2.05 bits per heavy atom. The maximum absolute atomic E-state index is 5.35. The molecule has 0 radical (unpaired) electrons. The number of aromatic nitrogens is 3. The minimum atomic E-state index is 0.307. The second kappa shape index (κ2) is 5.61. The Balaban J connectivity index is 1.97. The Morgan fingerprint density at radius 1 is 1.24 bits per heavy atom. The number of fused-ring (bicyclic) bond motifs is 1. The molecule has 108 valence electrons. The van der Waals surface area contributed by atoms with Gasteiger partial charge in [0.2, 0.25) is 0 Å². The molecule has 1 atom stereocenters. The topological polar surface area (TPSA) is 63.8 Å². The molecule has 0 aliphatic heterocycles. The summed E-state index contributed by atoms with van der Waals surface area (Å²) in [6, 6.07) is 10.3. The minimum Gasteiger partial charge on any atom is -0.332 e. The average Bonchev–Trinajstić information content (AvgIpc) is 2.95. The zero-order valence-corrected chi connectivity index (χ0v) is 12.4. The van der Waals surface area contributed by atoms with E-state index in [9.17, 15) is 0 Å². The molecular formula is C16H18N4O. The number of likely N-dealkylation sites (N-methyl/N-ethyl adjacent to an activating group) is 1. The highest BCUT2D eigenvalue weighted by Crippen LogP contribution is 2.23. The van der Waals surface area contributed by atoms with E-state index >= 15 is 0 Å². The molecule has 0 saturated heterocycles. The molecule has 0 saturated carbocycles. The van der Waals surface area contributed by atoms with E-state index in [0.717, 1.165) is 28.6 Å². The van der Waals surface area contributed by atoms with Crippen molar-refractivity contribution in [2.24, 2.45) is 0 Å². The molecule has 21 heavy (non-hydrogen) atoms. The van der Waals surface area contributed by atoms with Crippen molar-refractivity contribution < 1.29 is 4.52 Å². The highest BCUT2D eigenvalue weighted by atomic mass is 16.5. The molecule has 0 amide bonds. The second-order valence-electron chi connectivity index (χ2n) is 5.25. The zero-order valence-electron chi connectivity index (χ0n) is 12.4. The first kappa shape index (κ1) is 13.7. The number of nitrogens with zero attached hydrogens (tertiary/aromatic N) is 3. The van der Waals surface area contributed by atoms with Gasteiger partial charge >= 0.3 is 0 Å². The molecule has 0 spiro atoms. The van der Waals surface area contributed by atoms with Gasteiger partial charge in [-0.2, -0.15) is 4.98 Å². The molecule has 5 heteroatoms. The summed E-state index contributed by atoms with van der Waals surface area (Å²) in [5, 5.41) is 8.33. The Kier molecular flexibility index (Phi) is 3.66. The minimum absolute atomic E-state index is 0.307. The standard InChI is InChI=1S/C16H18N4O/c1-10-8-14(18-13-7-5-4-6-12(10)13)16-19-15(20-21-16)9-11(2)17-3/h4-8,11,17H,9H2,1-3H3. The molecule has 0 fully saturated rings. The maximum Gasteiger partial charge on any atom is 0.276 e. The number of benzene rings is 1. The average molecular weight is 282 g/mol. The van der Waals surface area contributed by atoms with E-state index in [-0.39, 0.29) is 0 Å². The largest absolute Gasteiger partial charge is 0.332 e. The van der Waals surface area contributed by atoms with Gasteiger partial charge in [0.1, 0.15) is 5.69 Å². The Morgan fingerprint density at radius 3 is 2.86 bits per heavy atom. The van der Waals surface area contributed by atoms with Crippen LogP contribution in [0, 0.1) is 6.92 Å². The van der Waals surface area contributed by atoms with Gasteiger partial charge in [0.15, 0.2) is 5.82 Å². The Labute approximate surface area is 123 Å². The number of aryl methyl sites for hydroxylation is 1. The molecule has 0 bridgehead atoms. The number of rotatable bonds is 4. The summed E-state index contributed by atoms with van der Waals surface area (Å²) in [4.78, 5) is 9.04. The van der Waals surface area contributed by atoms with Crippen LogP contribution in [0.25, 0.3) is 22.5 Å². The number of hydrogen-bond acceptors (Lipinski definition) is 5. The van der Waals surface area contributed by atoms with E-state index in [2.05, 4.69) is 40.4 Å². The van der Waals surface area contributed by atoms with Gasteiger partial charge in [-0.15, -0.1) is 0 Å². The second-order valence-corrected chi connectivity index (χ2v) is 5.25. The SMILES string of the molecule is CNC(C)Cc1noc(-c2cc(C)c3ccccc3n2)n1. The number of para-hydroxylation sites is 1. The quantitative estimate of drug-likeness (QED) is 0.797. The normalized spacial score (nSPS) is 12.7. The van der Waals surface area contributed by atoms with Gasteiger partial charge in [-0.1, -0.05) is 23.4 Å². The van der Waals surface area contributed by atoms with Gasteiger partial charge in [-0.25, -0.2) is 4.98 Å². The first-order valence-electron chi connectivity index (χ1n) is 7.04. The van der Waals surface area contributed by atoms with Crippen molar-refractivity contribution >= 4 is 10.9 Å². The number of hydrogen-bond donors (Lipinski definition) is 1. The highest BCUT2D eigenvalue weighted by molar-refractivity contribution is 5.84. The van der Waals surface area contributed by atoms with Crippen LogP contribution in [0.15, 0.2) is 34.9 Å². The molecule has 0 aliphatic rings. The smallest absolute Gasteiger partial charge is 0.276 e. The predicted octanol–water partition coefficient (Wildman–Crippen LogP) is 2.74. The van der Waals surface area contributed by atoms with Crippen LogP contribution in [0.3, 0.4) is 0 Å². The first-order valence-corrected chi connectivity index (χ1v) is 7.04. The van der Waals surface area contributed by atoms with Crippen LogP contribution in [0.2, 0.25) is 0 Å². The van der Waals surface area contributed by atoms with Crippen molar-refractivity contribution in [1.82, 2.24) is 20.4 Å². The molecule has 0 aliphatic carbocycles. The molecular weight excluding hydrogens is 264 g/mol. The third kappa shape index (κ3) is 2.78. The van der Waals surface area contributed by atoms with Crippen molar-refractivity contribution in [2.75, 3.05) is 7.05 Å². The van der Waals surface area contributed by atoms with Gasteiger partial charge in [0.25, 0.3) is 5.89 Å². The molecule has 3 aromatic rings. The maximum atomic E-state index is 5.35. The monoisotopic (exact) mass is 282 g/mol. The third-order valence-corrected chi connectivity index (χ3v) is 3.59. The van der Waals surface area contributed by atoms with Crippen molar-refractivity contribution in [3.8, 4) is 11.6 Å². The van der Waals surface area contributed by atoms with Crippen LogP contribution in [0.5, 0.6) is 0 Å². The molecule has 3 rings (SSSR count). The van der Waals surface area contributed by atoms with E-state index in [4.69, 9.17) is 4.52 Å². The van der Waals surface area contributed by atoms with Gasteiger partial charge in [-0.3, -0.25) is 0 Å². The Hall–Kier alpha value is -2.27. The summed E-state index contributed by atoms with van der Waals surface area (Å²) < 4.78 is 5.35. The number of nitrogens with one attached hydrogen (secondary N) is 1. The molecule has 1 aromatic carbocycles. The fourth-order valence-electron chi connectivity index (χ4n) is 2.28. The van der Waals surface area contributed by atoms with E-state index in [1.807, 2.05) is 31.3 Å². The molecule has 2 aromatic heterocycles. The van der Waals surface area contributed by atoms with Gasteiger partial charge in [-0.05, 0) is 38.6 Å². The lowest BCUT2D eigenvalue weighted by Crippen LogP contribution is -2.24. The predicted molar refractivity (Wildman–Crippen MR) is 82.0 cm³/mol. The lowest BCUT2D eigenvalue weighted by atomic mass is 10.1. The van der Waals surface area contributed by atoms with Crippen molar-refractivity contribution in [3.63, 3.8) is 0 Å². The zero-order chi connectivity index (χ0) is 14.8. The van der Waals surface area contributed by atoms with Crippen LogP contribution in [0.4, 0.5) is 0 Å². The fourth-order valence-corrected chi connectivity index (χ4v) is 2.28. The van der Waals surface area contributed by atoms with E-state index in [0.29, 0.717) is 17.8 Å². The van der Waals surface area contributed by atoms with Crippen LogP contribution >= 0.6 is 0 Å². The van der Waals surface area contributed by atoms with Crippen molar-refractivity contribution in [1.29, 1.82) is 0 Å². The van der Waals surface area contributed by atoms with Crippen molar-refractivity contribution in [3.05, 3.63) is 41.7 Å². The lowest BCUT2D eigenvalue weighted by Gasteiger charge is -2.05. The molecule has 5 nitrogen and oxygen atoms in total. The first-order chi connectivity index (χ1) is 10.2. The van der Waals surface area contributed by atoms with E-state index < -0.39 is 0 Å². The highest BCUT2D eigenvalue weighted by Gasteiger charge is 2.13. The van der Waals surface area contributed by atoms with Crippen LogP contribution in [0.1, 0.15) is 18.3 Å². The van der Waals surface area contributed by atoms with Gasteiger partial charge in [0.05, 0.1) is 5.52 Å². The summed E-state index contributed by atoms with van der Waals surface area (Å²) in [6.45, 7) is 4.14. The molecule has 1 N–H and O–H groups in total. The third-order valence-electron chi connectivity index (χ3n) is 3.59. The summed E-state index contributed by atoms with van der Waals surface area (Å²) >= 11 is 0. The number of pyridine rings is 1. The summed E-state index contributed by atoms with van der Waals surface area (Å²) in [7, 11) is 1.92. The summed E-state index contributed by atoms with van der Waals surface area (Å²) in [5.74, 6) is 1.17. The van der Waals surface area contributed by atoms with E-state index in [1.54, 1.807) is 0 Å². The fraction of sp³-hybridized carbons (Fsp3) is 0.312. The van der Waals surface area contributed by atoms with Crippen LogP contribution in [-0.4, -0.2) is 28.2 Å². The van der Waals surface area contributed by atoms with Gasteiger partial charge in [0, 0.05) is 17.8 Å². The molecule has 1 unspecified atom stereocenters. The van der Waals surface area contributed by atoms with E-state index in [1.165, 1.54) is 0 Å².